The van der Waals surface area contributed by atoms with Crippen LogP contribution in [0.5, 0.6) is 5.75 Å². The average Bonchev–Trinajstić information content (AvgIpc) is 3.79. The zero-order chi connectivity index (χ0) is 52.4. The molecule has 2 aliphatic heterocycles. The Morgan fingerprint density at radius 1 is 0.829 bits per heavy atom. The van der Waals surface area contributed by atoms with E-state index in [9.17, 15) is 62.1 Å². The number of nitrogens with zero attached hydrogens (tertiary/aromatic N) is 1. The van der Waals surface area contributed by atoms with E-state index < -0.39 is 166 Å². The molecule has 3 rings (SSSR count). The fourth-order valence-corrected chi connectivity index (χ4v) is 10.1. The molecule has 1 aromatic carbocycles. The fraction of sp³-hybridized carbons (Fsp3) is 0.605. The van der Waals surface area contributed by atoms with Gasteiger partial charge in [-0.3, -0.25) is 52.7 Å². The van der Waals surface area contributed by atoms with Gasteiger partial charge in [-0.25, -0.2) is 4.21 Å². The molecule has 0 aromatic heterocycles. The summed E-state index contributed by atoms with van der Waals surface area (Å²) in [7, 11) is -1.51. The molecule has 2 aliphatic rings. The molecular weight excluding hydrogens is 957 g/mol. The van der Waals surface area contributed by atoms with E-state index in [1.54, 1.807) is 27.7 Å². The molecular formula is C43H66N12O13S2. The Labute approximate surface area is 410 Å². The number of phenolic OH excluding ortho intramolecular Hbond substituents is 1. The third-order valence-corrected chi connectivity index (χ3v) is 14.4. The first kappa shape index (κ1) is 58.0. The molecule has 27 heteroatoms. The van der Waals surface area contributed by atoms with Crippen molar-refractivity contribution in [3.8, 4) is 5.75 Å². The highest BCUT2D eigenvalue weighted by atomic mass is 33.1. The van der Waals surface area contributed by atoms with Gasteiger partial charge >= 0.3 is 0 Å². The number of phenols is 1. The molecule has 0 aliphatic carbocycles. The van der Waals surface area contributed by atoms with Crippen LogP contribution in [0.2, 0.25) is 0 Å². The number of amides is 11. The fourth-order valence-electron chi connectivity index (χ4n) is 7.44. The number of hydrogen-bond donors (Lipinski definition) is 12. The molecule has 0 spiro atoms. The van der Waals surface area contributed by atoms with Gasteiger partial charge in [0.2, 0.25) is 65.0 Å². The molecule has 2 heterocycles. The van der Waals surface area contributed by atoms with Crippen molar-refractivity contribution < 1.29 is 62.1 Å². The third kappa shape index (κ3) is 18.5. The van der Waals surface area contributed by atoms with Crippen molar-refractivity contribution in [2.75, 3.05) is 24.6 Å². The molecule has 25 nitrogen and oxygen atoms in total. The highest BCUT2D eigenvalue weighted by molar-refractivity contribution is 8.69. The van der Waals surface area contributed by atoms with Gasteiger partial charge in [0.15, 0.2) is 0 Å². The molecule has 16 N–H and O–H groups in total. The Bertz CT molecular complexity index is 2130. The van der Waals surface area contributed by atoms with E-state index in [-0.39, 0.29) is 37.5 Å². The number of benzene rings is 1. The van der Waals surface area contributed by atoms with Crippen LogP contribution in [0.1, 0.15) is 78.2 Å². The molecule has 2 fully saturated rings. The zero-order valence-electron chi connectivity index (χ0n) is 39.5. The van der Waals surface area contributed by atoms with Crippen molar-refractivity contribution in [2.24, 2.45) is 34.8 Å². The minimum atomic E-state index is -2.10. The van der Waals surface area contributed by atoms with Crippen LogP contribution in [-0.4, -0.2) is 152 Å². The number of aromatic hydroxyl groups is 1. The van der Waals surface area contributed by atoms with Crippen molar-refractivity contribution in [1.29, 1.82) is 0 Å². The molecule has 2 saturated heterocycles. The summed E-state index contributed by atoms with van der Waals surface area (Å²) < 4.78 is 13.6. The molecule has 0 bridgehead atoms. The Kier molecular flexibility index (Phi) is 23.0. The molecule has 70 heavy (non-hydrogen) atoms. The largest absolute Gasteiger partial charge is 0.508 e. The standard InChI is InChI=1S/C43H66N12O13S2/c1-5-22(4)35-42(66)49-26(12-13-32(45)57)38(62)51-29(17-33(46)58)39(63)53-30(43(67)55-14-6-7-31(55)41(65)52-27(15-21(2)3)37(61)48-18-34(47)59)19-69-70(68)20-25(44)36(60)50-28(40(64)54-35)16-23-8-10-24(56)11-9-23/h8-11,21-22,25-31,35,56H,5-7,12-20,44H2,1-4H3,(H2,45,57)(H2,46,58)(H2,47,59)(H,48,61)(H,49,66)(H,50,60)(H,51,62)(H,52,65)(H,53,63)(H,54,64)/t22-,25-,26-,27-,28-,29-,30-,31-,35-,70?/m0/s1. The van der Waals surface area contributed by atoms with Crippen LogP contribution in [0.3, 0.4) is 0 Å². The number of carbonyl (C=O) groups excluding carboxylic acids is 11. The number of likely N-dealkylation sites (tertiary alicyclic amines) is 1. The van der Waals surface area contributed by atoms with Crippen LogP contribution in [0.25, 0.3) is 0 Å². The summed E-state index contributed by atoms with van der Waals surface area (Å²) in [4.78, 5) is 148. The Morgan fingerprint density at radius 2 is 1.44 bits per heavy atom. The highest BCUT2D eigenvalue weighted by Gasteiger charge is 2.41. The lowest BCUT2D eigenvalue weighted by molar-refractivity contribution is -0.142. The SMILES string of the molecule is CC[C@H](C)[C@@H]1NC(=O)[C@H](Cc2ccc(O)cc2)NC(=O)[C@@H](N)CS(=O)SC[C@@H](C(=O)N2CCC[C@H]2C(=O)N[C@@H](CC(C)C)C(=O)NCC(N)=O)NC(=O)[C@H](CC(N)=O)NC(=O)[C@H](CCC(N)=O)NC1=O. The minimum Gasteiger partial charge on any atom is -0.508 e. The number of carbonyl (C=O) groups is 11. The summed E-state index contributed by atoms with van der Waals surface area (Å²) in [5.41, 5.74) is 22.8. The summed E-state index contributed by atoms with van der Waals surface area (Å²) in [5, 5.41) is 27.3. The average molecular weight is 1020 g/mol. The van der Waals surface area contributed by atoms with E-state index in [0.29, 0.717) is 29.2 Å². The number of primary amides is 3. The second-order valence-corrected chi connectivity index (χ2v) is 20.9. The highest BCUT2D eigenvalue weighted by Crippen LogP contribution is 2.22. The lowest BCUT2D eigenvalue weighted by atomic mass is 9.96. The van der Waals surface area contributed by atoms with Crippen molar-refractivity contribution in [2.45, 2.75) is 127 Å². The number of nitrogens with two attached hydrogens (primary N) is 4. The summed E-state index contributed by atoms with van der Waals surface area (Å²) in [6, 6.07) is -6.06. The Hall–Kier alpha value is -6.35. The van der Waals surface area contributed by atoms with Gasteiger partial charge in [-0.2, -0.15) is 0 Å². The van der Waals surface area contributed by atoms with Crippen molar-refractivity contribution in [3.05, 3.63) is 29.8 Å². The maximum absolute atomic E-state index is 14.5. The van der Waals surface area contributed by atoms with Crippen LogP contribution >= 0.6 is 10.8 Å². The summed E-state index contributed by atoms with van der Waals surface area (Å²) in [6.07, 6.45) is -1.07. The number of hydrogen-bond acceptors (Lipinski definition) is 15. The van der Waals surface area contributed by atoms with Crippen LogP contribution in [0.4, 0.5) is 0 Å². The monoisotopic (exact) mass is 1020 g/mol. The lowest BCUT2D eigenvalue weighted by Crippen LogP contribution is -2.62. The van der Waals surface area contributed by atoms with E-state index in [2.05, 4.69) is 37.2 Å². The van der Waals surface area contributed by atoms with Crippen LogP contribution in [-0.2, 0) is 69.0 Å². The predicted molar refractivity (Wildman–Crippen MR) is 255 cm³/mol. The van der Waals surface area contributed by atoms with Gasteiger partial charge in [-0.1, -0.05) is 57.0 Å². The topological polar surface area (TPSA) is 417 Å². The van der Waals surface area contributed by atoms with Crippen LogP contribution in [0, 0.1) is 11.8 Å². The minimum absolute atomic E-state index is 0.0238. The molecule has 0 saturated carbocycles. The first-order chi connectivity index (χ1) is 32.9. The van der Waals surface area contributed by atoms with Gasteiger partial charge in [-0.05, 0) is 55.2 Å². The smallest absolute Gasteiger partial charge is 0.246 e. The van der Waals surface area contributed by atoms with E-state index >= 15 is 0 Å². The Morgan fingerprint density at radius 3 is 2.04 bits per heavy atom. The van der Waals surface area contributed by atoms with E-state index in [0.717, 1.165) is 4.90 Å². The van der Waals surface area contributed by atoms with Crippen molar-refractivity contribution in [1.82, 2.24) is 42.1 Å². The second-order valence-electron chi connectivity index (χ2n) is 17.6. The summed E-state index contributed by atoms with van der Waals surface area (Å²) >= 11 is 0. The van der Waals surface area contributed by atoms with Crippen LogP contribution < -0.4 is 60.2 Å². The normalized spacial score (nSPS) is 25.2. The predicted octanol–water partition coefficient (Wildman–Crippen LogP) is -4.59. The summed E-state index contributed by atoms with van der Waals surface area (Å²) in [6.45, 7) is 6.41. The van der Waals surface area contributed by atoms with Crippen LogP contribution in [0.15, 0.2) is 24.3 Å². The lowest BCUT2D eigenvalue weighted by Gasteiger charge is -2.31. The first-order valence-corrected chi connectivity index (χ1v) is 25.5. The Balaban J connectivity index is 2.09. The van der Waals surface area contributed by atoms with Crippen molar-refractivity contribution in [3.63, 3.8) is 0 Å². The van der Waals surface area contributed by atoms with Gasteiger partial charge in [0.05, 0.1) is 34.6 Å². The molecule has 10 atom stereocenters. The van der Waals surface area contributed by atoms with Gasteiger partial charge in [0.25, 0.3) is 0 Å². The number of rotatable bonds is 17. The maximum Gasteiger partial charge on any atom is 0.246 e. The molecule has 1 aromatic rings. The first-order valence-electron chi connectivity index (χ1n) is 22.7. The molecule has 0 radical (unpaired) electrons. The second kappa shape index (κ2) is 27.7. The quantitative estimate of drug-likeness (QED) is 0.0654. The van der Waals surface area contributed by atoms with E-state index in [1.807, 2.05) is 0 Å². The van der Waals surface area contributed by atoms with Crippen molar-refractivity contribution >= 4 is 85.6 Å². The molecule has 1 unspecified atom stereocenters. The van der Waals surface area contributed by atoms with Gasteiger partial charge < -0.3 is 70.2 Å². The van der Waals surface area contributed by atoms with Gasteiger partial charge in [-0.15, -0.1) is 0 Å². The summed E-state index contributed by atoms with van der Waals surface area (Å²) in [5.74, 6) is -11.9. The molecule has 11 amide bonds. The molecule has 388 valence electrons. The van der Waals surface area contributed by atoms with Gasteiger partial charge in [0.1, 0.15) is 48.0 Å². The third-order valence-electron chi connectivity index (χ3n) is 11.4. The zero-order valence-corrected chi connectivity index (χ0v) is 41.1. The van der Waals surface area contributed by atoms with Gasteiger partial charge in [0, 0.05) is 25.1 Å². The van der Waals surface area contributed by atoms with E-state index in [4.69, 9.17) is 22.9 Å². The number of nitrogens with one attached hydrogen (secondary N) is 7. The maximum atomic E-state index is 14.5. The van der Waals surface area contributed by atoms with E-state index in [1.165, 1.54) is 24.3 Å².